The maximum Gasteiger partial charge on any atom is 0.388 e. The fourth-order valence-electron chi connectivity index (χ4n) is 2.96. The van der Waals surface area contributed by atoms with Gasteiger partial charge in [-0.3, -0.25) is 0 Å². The minimum Gasteiger partial charge on any atom is -0.417 e. The number of hydrogen-bond donors (Lipinski definition) is 3. The third-order valence-corrected chi connectivity index (χ3v) is 4.05. The summed E-state index contributed by atoms with van der Waals surface area (Å²) >= 11 is 0. The van der Waals surface area contributed by atoms with Crippen molar-refractivity contribution in [1.29, 1.82) is 0 Å². The van der Waals surface area contributed by atoms with Crippen molar-refractivity contribution in [3.8, 4) is 5.88 Å². The van der Waals surface area contributed by atoms with Crippen LogP contribution in [-0.4, -0.2) is 47.8 Å². The molecule has 0 aromatic carbocycles. The van der Waals surface area contributed by atoms with Crippen molar-refractivity contribution in [2.75, 3.05) is 5.32 Å². The molecule has 0 radical (unpaired) electrons. The van der Waals surface area contributed by atoms with Gasteiger partial charge in [-0.05, 0) is 19.3 Å². The fourth-order valence-corrected chi connectivity index (χ4v) is 2.96. The smallest absolute Gasteiger partial charge is 0.388 e. The fraction of sp³-hybridized carbons (Fsp3) is 0.429. The molecule has 1 unspecified atom stereocenters. The highest BCUT2D eigenvalue weighted by atomic mass is 19.3. The van der Waals surface area contributed by atoms with Gasteiger partial charge >= 0.3 is 6.61 Å². The molecular formula is C14H15F2N7O2. The van der Waals surface area contributed by atoms with Crippen LogP contribution < -0.4 is 10.1 Å². The van der Waals surface area contributed by atoms with Crippen LogP contribution in [0.25, 0.3) is 11.2 Å². The summed E-state index contributed by atoms with van der Waals surface area (Å²) in [4.78, 5) is 8.76. The predicted molar refractivity (Wildman–Crippen MR) is 82.7 cm³/mol. The number of aliphatic hydroxyl groups is 1. The number of fused-ring (bicyclic) bond motifs is 1. The molecule has 1 aliphatic carbocycles. The molecule has 1 saturated carbocycles. The van der Waals surface area contributed by atoms with Crippen LogP contribution in [0.2, 0.25) is 0 Å². The van der Waals surface area contributed by atoms with Crippen molar-refractivity contribution < 1.29 is 18.6 Å². The first-order chi connectivity index (χ1) is 12.1. The Kier molecular flexibility index (Phi) is 3.92. The van der Waals surface area contributed by atoms with Crippen molar-refractivity contribution in [1.82, 2.24) is 29.9 Å². The molecule has 0 amide bonds. The SMILES string of the molecule is OC1CC[C@H](n2ncc3ncc(Nc4cc(OC(F)F)[nH]n4)nc32)C1. The summed E-state index contributed by atoms with van der Waals surface area (Å²) in [6.07, 6.45) is 4.99. The second-order valence-electron chi connectivity index (χ2n) is 5.79. The monoisotopic (exact) mass is 351 g/mol. The molecule has 3 heterocycles. The molecule has 11 heteroatoms. The van der Waals surface area contributed by atoms with Crippen LogP contribution in [0.5, 0.6) is 5.88 Å². The summed E-state index contributed by atoms with van der Waals surface area (Å²) in [6, 6.07) is 1.37. The minimum absolute atomic E-state index is 0.0773. The summed E-state index contributed by atoms with van der Waals surface area (Å²) < 4.78 is 30.3. The number of H-pyrrole nitrogens is 1. The van der Waals surface area contributed by atoms with Gasteiger partial charge in [0.25, 0.3) is 0 Å². The Balaban J connectivity index is 1.57. The lowest BCUT2D eigenvalue weighted by Gasteiger charge is -2.11. The average molecular weight is 351 g/mol. The van der Waals surface area contributed by atoms with E-state index in [0.717, 1.165) is 12.8 Å². The van der Waals surface area contributed by atoms with E-state index in [2.05, 4.69) is 35.3 Å². The van der Waals surface area contributed by atoms with Gasteiger partial charge in [-0.1, -0.05) is 0 Å². The van der Waals surface area contributed by atoms with Crippen LogP contribution in [0, 0.1) is 0 Å². The highest BCUT2D eigenvalue weighted by Gasteiger charge is 2.26. The molecule has 9 nitrogen and oxygen atoms in total. The van der Waals surface area contributed by atoms with Gasteiger partial charge in [0.2, 0.25) is 5.88 Å². The molecule has 4 rings (SSSR count). The van der Waals surface area contributed by atoms with E-state index in [1.165, 1.54) is 12.3 Å². The largest absolute Gasteiger partial charge is 0.417 e. The van der Waals surface area contributed by atoms with Crippen LogP contribution in [0.1, 0.15) is 25.3 Å². The van der Waals surface area contributed by atoms with Crippen LogP contribution in [0.15, 0.2) is 18.5 Å². The summed E-state index contributed by atoms with van der Waals surface area (Å²) in [7, 11) is 0. The Labute approximate surface area is 140 Å². The third kappa shape index (κ3) is 3.22. The lowest BCUT2D eigenvalue weighted by Crippen LogP contribution is -2.10. The van der Waals surface area contributed by atoms with Crippen molar-refractivity contribution in [2.45, 2.75) is 38.0 Å². The Morgan fingerprint density at radius 2 is 2.20 bits per heavy atom. The number of alkyl halides is 2. The zero-order valence-corrected chi connectivity index (χ0v) is 12.9. The van der Waals surface area contributed by atoms with Gasteiger partial charge in [0.15, 0.2) is 17.3 Å². The first-order valence-corrected chi connectivity index (χ1v) is 7.74. The zero-order valence-electron chi connectivity index (χ0n) is 12.9. The van der Waals surface area contributed by atoms with Crippen LogP contribution in [-0.2, 0) is 0 Å². The van der Waals surface area contributed by atoms with Crippen molar-refractivity contribution >= 4 is 22.8 Å². The molecule has 1 aliphatic rings. The van der Waals surface area contributed by atoms with Crippen LogP contribution in [0.4, 0.5) is 20.4 Å². The molecule has 3 aromatic rings. The molecule has 2 atom stereocenters. The molecule has 25 heavy (non-hydrogen) atoms. The number of hydrogen-bond acceptors (Lipinski definition) is 7. The first-order valence-electron chi connectivity index (χ1n) is 7.74. The number of nitrogens with one attached hydrogen (secondary N) is 2. The number of halogens is 2. The second kappa shape index (κ2) is 6.24. The maximum absolute atomic E-state index is 12.2. The highest BCUT2D eigenvalue weighted by molar-refractivity contribution is 5.72. The molecule has 0 spiro atoms. The Hall–Kier alpha value is -2.82. The molecule has 1 fully saturated rings. The Morgan fingerprint density at radius 3 is 2.96 bits per heavy atom. The zero-order chi connectivity index (χ0) is 17.4. The number of aromatic nitrogens is 6. The standard InChI is InChI=1S/C14H15F2N7O2/c15-14(16)25-12-4-10(21-22-12)19-11-6-17-9-5-18-23(13(9)20-11)7-1-2-8(24)3-7/h4-8,14,24H,1-3H2,(H2,19,20,21,22)/t7-,8?/m0/s1. The molecule has 0 aliphatic heterocycles. The number of nitrogens with zero attached hydrogens (tertiary/aromatic N) is 5. The van der Waals surface area contributed by atoms with Crippen molar-refractivity contribution in [2.24, 2.45) is 0 Å². The highest BCUT2D eigenvalue weighted by Crippen LogP contribution is 2.31. The normalized spacial score (nSPS) is 20.5. The summed E-state index contributed by atoms with van der Waals surface area (Å²) in [6.45, 7) is -2.93. The quantitative estimate of drug-likeness (QED) is 0.644. The number of aliphatic hydroxyl groups excluding tert-OH is 1. The van der Waals surface area contributed by atoms with E-state index in [1.807, 2.05) is 0 Å². The minimum atomic E-state index is -2.93. The number of rotatable bonds is 5. The number of ether oxygens (including phenoxy) is 1. The van der Waals surface area contributed by atoms with Gasteiger partial charge in [-0.15, -0.1) is 0 Å². The summed E-state index contributed by atoms with van der Waals surface area (Å²) in [5.74, 6) is 0.506. The average Bonchev–Trinajstić information content (AvgIpc) is 3.27. The van der Waals surface area contributed by atoms with E-state index < -0.39 is 6.61 Å². The number of anilines is 2. The Bertz CT molecular complexity index is 881. The van der Waals surface area contributed by atoms with E-state index in [0.29, 0.717) is 23.4 Å². The molecule has 3 aromatic heterocycles. The lowest BCUT2D eigenvalue weighted by molar-refractivity contribution is -0.0528. The van der Waals surface area contributed by atoms with E-state index in [9.17, 15) is 13.9 Å². The van der Waals surface area contributed by atoms with E-state index in [-0.39, 0.29) is 23.8 Å². The van der Waals surface area contributed by atoms with Gasteiger partial charge < -0.3 is 15.2 Å². The van der Waals surface area contributed by atoms with Crippen molar-refractivity contribution in [3.63, 3.8) is 0 Å². The lowest BCUT2D eigenvalue weighted by atomic mass is 10.2. The maximum atomic E-state index is 12.2. The van der Waals surface area contributed by atoms with Crippen LogP contribution in [0.3, 0.4) is 0 Å². The van der Waals surface area contributed by atoms with Gasteiger partial charge in [-0.25, -0.2) is 19.7 Å². The second-order valence-corrected chi connectivity index (χ2v) is 5.79. The predicted octanol–water partition coefficient (Wildman–Crippen LogP) is 1.98. The van der Waals surface area contributed by atoms with Crippen molar-refractivity contribution in [3.05, 3.63) is 18.5 Å². The summed E-state index contributed by atoms with van der Waals surface area (Å²) in [5.41, 5.74) is 1.22. The number of aromatic amines is 1. The van der Waals surface area contributed by atoms with E-state index in [4.69, 9.17) is 0 Å². The van der Waals surface area contributed by atoms with Crippen LogP contribution >= 0.6 is 0 Å². The first kappa shape index (κ1) is 15.7. The van der Waals surface area contributed by atoms with Gasteiger partial charge in [0, 0.05) is 6.07 Å². The summed E-state index contributed by atoms with van der Waals surface area (Å²) in [5, 5.41) is 23.1. The molecule has 3 N–H and O–H groups in total. The molecule has 0 saturated heterocycles. The van der Waals surface area contributed by atoms with Gasteiger partial charge in [0.05, 0.1) is 24.5 Å². The van der Waals surface area contributed by atoms with E-state index in [1.54, 1.807) is 10.9 Å². The van der Waals surface area contributed by atoms with Gasteiger partial charge in [0.1, 0.15) is 5.52 Å². The molecular weight excluding hydrogens is 336 g/mol. The topological polar surface area (TPSA) is 114 Å². The van der Waals surface area contributed by atoms with E-state index >= 15 is 0 Å². The molecule has 0 bridgehead atoms. The molecule has 132 valence electrons. The Morgan fingerprint density at radius 1 is 1.32 bits per heavy atom. The van der Waals surface area contributed by atoms with Gasteiger partial charge in [-0.2, -0.15) is 19.0 Å². The third-order valence-electron chi connectivity index (χ3n) is 4.05.